The molecular weight excluding hydrogens is 594 g/mol. The Labute approximate surface area is 257 Å². The third-order valence-corrected chi connectivity index (χ3v) is 8.22. The van der Waals surface area contributed by atoms with E-state index in [-0.39, 0.29) is 24.7 Å². The number of nitrogens with zero attached hydrogens (tertiary/aromatic N) is 3. The van der Waals surface area contributed by atoms with Crippen molar-refractivity contribution in [1.29, 1.82) is 0 Å². The lowest BCUT2D eigenvalue weighted by Gasteiger charge is -2.26. The van der Waals surface area contributed by atoms with Crippen LogP contribution in [0.4, 0.5) is 0 Å². The molecule has 3 heterocycles. The lowest BCUT2D eigenvalue weighted by molar-refractivity contribution is -0.139. The Balaban J connectivity index is 1.50. The number of thiazole rings is 1. The van der Waals surface area contributed by atoms with Crippen molar-refractivity contribution in [3.8, 4) is 11.5 Å². The first-order valence-electron chi connectivity index (χ1n) is 14.0. The minimum absolute atomic E-state index is 0.120. The molecule has 0 aliphatic carbocycles. The average Bonchev–Trinajstić information content (AvgIpc) is 3.30. The van der Waals surface area contributed by atoms with E-state index in [0.717, 1.165) is 0 Å². The van der Waals surface area contributed by atoms with Gasteiger partial charge in [-0.05, 0) is 62.2 Å². The average molecular weight is 626 g/mol. The maximum absolute atomic E-state index is 13.9. The van der Waals surface area contributed by atoms with Gasteiger partial charge < -0.3 is 23.8 Å². The summed E-state index contributed by atoms with van der Waals surface area (Å²) in [6.07, 6.45) is 1.75. The van der Waals surface area contributed by atoms with Gasteiger partial charge in [-0.15, -0.1) is 0 Å². The molecule has 2 aliphatic heterocycles. The molecule has 1 fully saturated rings. The Kier molecular flexibility index (Phi) is 9.64. The van der Waals surface area contributed by atoms with Gasteiger partial charge in [0.1, 0.15) is 0 Å². The molecule has 1 aromatic heterocycles. The van der Waals surface area contributed by atoms with Crippen LogP contribution in [0.15, 0.2) is 63.5 Å². The molecule has 0 bridgehead atoms. The van der Waals surface area contributed by atoms with Crippen LogP contribution in [0.25, 0.3) is 6.08 Å². The minimum atomic E-state index is -0.728. The highest BCUT2D eigenvalue weighted by Gasteiger charge is 2.33. The summed E-state index contributed by atoms with van der Waals surface area (Å²) in [5.41, 5.74) is 1.89. The highest BCUT2D eigenvalue weighted by molar-refractivity contribution is 7.07. The molecule has 2 aliphatic rings. The van der Waals surface area contributed by atoms with Gasteiger partial charge in [0.15, 0.2) is 22.9 Å². The summed E-state index contributed by atoms with van der Waals surface area (Å²) in [6.45, 7) is 7.89. The fraction of sp³-hybridized carbons (Fsp3) is 0.355. The largest absolute Gasteiger partial charge is 0.490 e. The third kappa shape index (κ3) is 6.69. The predicted octanol–water partition coefficient (Wildman–Crippen LogP) is 3.09. The molecule has 226 valence electrons. The number of aromatic nitrogens is 1. The summed E-state index contributed by atoms with van der Waals surface area (Å²) in [6, 6.07) is 11.6. The summed E-state index contributed by atoms with van der Waals surface area (Å²) in [4.78, 5) is 46.3. The van der Waals surface area contributed by atoms with E-state index in [9.17, 15) is 14.4 Å². The lowest BCUT2D eigenvalue weighted by atomic mass is 9.96. The Bertz CT molecular complexity index is 1720. The number of allylic oxidation sites excluding steroid dienone is 1. The number of hydrogen-bond acceptors (Lipinski definition) is 9. The number of hydrogen-bond donors (Lipinski definition) is 0. The second kappa shape index (κ2) is 13.6. The summed E-state index contributed by atoms with van der Waals surface area (Å²) in [7, 11) is 0. The van der Waals surface area contributed by atoms with Gasteiger partial charge in [-0.25, -0.2) is 9.79 Å². The summed E-state index contributed by atoms with van der Waals surface area (Å²) in [5, 5.41) is 0.539. The highest BCUT2D eigenvalue weighted by atomic mass is 35.5. The van der Waals surface area contributed by atoms with Crippen LogP contribution in [0, 0.1) is 0 Å². The van der Waals surface area contributed by atoms with E-state index in [1.165, 1.54) is 15.9 Å². The van der Waals surface area contributed by atoms with E-state index in [1.54, 1.807) is 67.3 Å². The van der Waals surface area contributed by atoms with Crippen LogP contribution in [0.1, 0.15) is 37.9 Å². The smallest absolute Gasteiger partial charge is 0.338 e. The molecule has 1 atom stereocenters. The maximum Gasteiger partial charge on any atom is 0.338 e. The monoisotopic (exact) mass is 625 g/mol. The molecule has 0 spiro atoms. The van der Waals surface area contributed by atoms with E-state index in [1.807, 2.05) is 6.92 Å². The highest BCUT2D eigenvalue weighted by Crippen LogP contribution is 2.32. The topological polar surface area (TPSA) is 109 Å². The number of esters is 1. The Morgan fingerprint density at radius 1 is 1.07 bits per heavy atom. The van der Waals surface area contributed by atoms with Gasteiger partial charge in [0.2, 0.25) is 0 Å². The van der Waals surface area contributed by atoms with E-state index in [0.29, 0.717) is 81.2 Å². The lowest BCUT2D eigenvalue weighted by Crippen LogP contribution is -2.43. The molecule has 0 radical (unpaired) electrons. The van der Waals surface area contributed by atoms with Crippen molar-refractivity contribution in [3.63, 3.8) is 0 Å². The number of rotatable bonds is 9. The predicted molar refractivity (Wildman–Crippen MR) is 162 cm³/mol. The van der Waals surface area contributed by atoms with Crippen LogP contribution in [0.2, 0.25) is 5.02 Å². The van der Waals surface area contributed by atoms with Gasteiger partial charge in [0, 0.05) is 18.1 Å². The quantitative estimate of drug-likeness (QED) is 0.336. The number of carbonyl (C=O) groups excluding carboxylic acids is 2. The van der Waals surface area contributed by atoms with E-state index >= 15 is 0 Å². The Morgan fingerprint density at radius 3 is 2.51 bits per heavy atom. The van der Waals surface area contributed by atoms with Crippen molar-refractivity contribution >= 4 is 40.9 Å². The van der Waals surface area contributed by atoms with Crippen LogP contribution < -0.4 is 24.4 Å². The summed E-state index contributed by atoms with van der Waals surface area (Å²) in [5.74, 6) is 0.239. The van der Waals surface area contributed by atoms with Crippen molar-refractivity contribution in [1.82, 2.24) is 9.47 Å². The maximum atomic E-state index is 13.9. The van der Waals surface area contributed by atoms with Crippen molar-refractivity contribution in [2.24, 2.45) is 4.99 Å². The van der Waals surface area contributed by atoms with Gasteiger partial charge in [-0.3, -0.25) is 14.2 Å². The van der Waals surface area contributed by atoms with E-state index in [4.69, 9.17) is 30.5 Å². The van der Waals surface area contributed by atoms with E-state index < -0.39 is 12.0 Å². The molecule has 0 N–H and O–H groups in total. The zero-order valence-corrected chi connectivity index (χ0v) is 25.7. The van der Waals surface area contributed by atoms with Crippen LogP contribution in [0.3, 0.4) is 0 Å². The molecule has 2 aromatic carbocycles. The third-order valence-electron chi connectivity index (χ3n) is 6.98. The van der Waals surface area contributed by atoms with Crippen molar-refractivity contribution < 1.29 is 28.5 Å². The molecule has 5 rings (SSSR count). The normalized spacial score (nSPS) is 16.9. The molecular formula is C31H32ClN3O7S. The summed E-state index contributed by atoms with van der Waals surface area (Å²) >= 11 is 7.36. The number of fused-ring (bicyclic) bond motifs is 1. The minimum Gasteiger partial charge on any atom is -0.490 e. The van der Waals surface area contributed by atoms with Crippen molar-refractivity contribution in [2.75, 3.05) is 46.1 Å². The van der Waals surface area contributed by atoms with E-state index in [2.05, 4.69) is 4.99 Å². The number of morpholine rings is 1. The van der Waals surface area contributed by atoms with Gasteiger partial charge in [0.05, 0.1) is 48.3 Å². The standard InChI is InChI=1S/C31H32ClN3O7S/c1-4-40-24-16-20(6-11-23(24)42-18-26(36)34-12-14-39-15-13-34)17-25-29(37)35-28(21-7-9-22(32)10-8-21)27(30(38)41-5-2)19(3)33-31(35)43-25/h6-11,16-17,28H,4-5,12-15,18H2,1-3H3/b25-17+/t28-/m0/s1. The molecule has 1 saturated heterocycles. The second-order valence-corrected chi connectivity index (χ2v) is 11.2. The van der Waals surface area contributed by atoms with Gasteiger partial charge >= 0.3 is 5.97 Å². The van der Waals surface area contributed by atoms with Crippen LogP contribution in [0.5, 0.6) is 11.5 Å². The van der Waals surface area contributed by atoms with Crippen LogP contribution in [-0.2, 0) is 19.1 Å². The Hall–Kier alpha value is -3.93. The SMILES string of the molecule is CCOC(=O)C1=C(C)N=c2s/c(=C/c3ccc(OCC(=O)N4CCOCC4)c(OCC)c3)c(=O)n2[C@H]1c1ccc(Cl)cc1. The number of amides is 1. The molecule has 0 saturated carbocycles. The second-order valence-electron chi connectivity index (χ2n) is 9.77. The zero-order valence-electron chi connectivity index (χ0n) is 24.1. The molecule has 10 nitrogen and oxygen atoms in total. The van der Waals surface area contributed by atoms with Crippen molar-refractivity contribution in [2.45, 2.75) is 26.8 Å². The Morgan fingerprint density at radius 2 is 1.81 bits per heavy atom. The first-order chi connectivity index (χ1) is 20.8. The summed E-state index contributed by atoms with van der Waals surface area (Å²) < 4.78 is 24.2. The van der Waals surface area contributed by atoms with Crippen LogP contribution >= 0.6 is 22.9 Å². The number of carbonyl (C=O) groups is 2. The number of benzene rings is 2. The molecule has 1 amide bonds. The van der Waals surface area contributed by atoms with Gasteiger partial charge in [0.25, 0.3) is 11.5 Å². The molecule has 0 unspecified atom stereocenters. The first kappa shape index (κ1) is 30.5. The first-order valence-corrected chi connectivity index (χ1v) is 15.2. The molecule has 3 aromatic rings. The number of halogens is 1. The fourth-order valence-corrected chi connectivity index (χ4v) is 6.12. The van der Waals surface area contributed by atoms with Gasteiger partial charge in [-0.1, -0.05) is 41.1 Å². The van der Waals surface area contributed by atoms with Crippen molar-refractivity contribution in [3.05, 3.63) is 89.6 Å². The number of ether oxygens (including phenoxy) is 4. The molecule has 43 heavy (non-hydrogen) atoms. The zero-order chi connectivity index (χ0) is 30.5. The molecule has 12 heteroatoms. The fourth-order valence-electron chi connectivity index (χ4n) is 4.95. The van der Waals surface area contributed by atoms with Gasteiger partial charge in [-0.2, -0.15) is 0 Å². The van der Waals surface area contributed by atoms with Crippen LogP contribution in [-0.4, -0.2) is 67.5 Å².